The average Bonchev–Trinajstić information content (AvgIpc) is 2.30. The minimum Gasteiger partial charge on any atom is -0.496 e. The van der Waals surface area contributed by atoms with E-state index in [4.69, 9.17) is 16.3 Å². The highest BCUT2D eigenvalue weighted by Gasteiger charge is 2.18. The van der Waals surface area contributed by atoms with Crippen molar-refractivity contribution in [2.24, 2.45) is 0 Å². The highest BCUT2D eigenvalue weighted by Crippen LogP contribution is 2.32. The van der Waals surface area contributed by atoms with Crippen molar-refractivity contribution >= 4 is 11.6 Å². The number of ether oxygens (including phenoxy) is 1. The number of methoxy groups -OCH3 is 1. The molecule has 0 aromatic heterocycles. The molecule has 3 heteroatoms. The van der Waals surface area contributed by atoms with Crippen molar-refractivity contribution < 1.29 is 4.74 Å². The van der Waals surface area contributed by atoms with Crippen molar-refractivity contribution in [1.29, 1.82) is 0 Å². The van der Waals surface area contributed by atoms with Gasteiger partial charge in [-0.25, -0.2) is 0 Å². The van der Waals surface area contributed by atoms with E-state index < -0.39 is 0 Å². The minimum atomic E-state index is 0.396. The van der Waals surface area contributed by atoms with Gasteiger partial charge in [0.2, 0.25) is 0 Å². The summed E-state index contributed by atoms with van der Waals surface area (Å²) in [7, 11) is 1.70. The summed E-state index contributed by atoms with van der Waals surface area (Å²) in [6.07, 6.45) is 3.70. The zero-order valence-corrected chi connectivity index (χ0v) is 9.68. The van der Waals surface area contributed by atoms with E-state index in [1.54, 1.807) is 7.11 Å². The lowest BCUT2D eigenvalue weighted by molar-refractivity contribution is 0.373. The molecule has 1 aromatic rings. The summed E-state index contributed by atoms with van der Waals surface area (Å²) in [5, 5.41) is 4.27. The van der Waals surface area contributed by atoms with Crippen molar-refractivity contribution in [2.45, 2.75) is 25.3 Å². The van der Waals surface area contributed by atoms with Gasteiger partial charge >= 0.3 is 0 Å². The number of rotatable bonds is 2. The Kier molecular flexibility index (Phi) is 3.49. The van der Waals surface area contributed by atoms with E-state index >= 15 is 0 Å². The van der Waals surface area contributed by atoms with Gasteiger partial charge in [0.25, 0.3) is 0 Å². The fraction of sp³-hybridized carbons (Fsp3) is 0.500. The van der Waals surface area contributed by atoms with Gasteiger partial charge in [-0.15, -0.1) is 0 Å². The second kappa shape index (κ2) is 4.86. The molecule has 82 valence electrons. The van der Waals surface area contributed by atoms with Gasteiger partial charge in [-0.05, 0) is 37.6 Å². The minimum absolute atomic E-state index is 0.396. The summed E-state index contributed by atoms with van der Waals surface area (Å²) in [4.78, 5) is 0. The largest absolute Gasteiger partial charge is 0.496 e. The Hall–Kier alpha value is -0.730. The van der Waals surface area contributed by atoms with E-state index in [2.05, 4.69) is 5.32 Å². The van der Waals surface area contributed by atoms with Crippen molar-refractivity contribution in [2.75, 3.05) is 13.7 Å². The number of hydrogen-bond donors (Lipinski definition) is 1. The molecule has 1 aromatic carbocycles. The Balaban J connectivity index is 2.27. The lowest BCUT2D eigenvalue weighted by Crippen LogP contribution is -2.27. The molecule has 2 rings (SSSR count). The first-order chi connectivity index (χ1) is 7.31. The topological polar surface area (TPSA) is 21.3 Å². The predicted molar refractivity (Wildman–Crippen MR) is 62.6 cm³/mol. The summed E-state index contributed by atoms with van der Waals surface area (Å²) in [6.45, 7) is 1.08. The lowest BCUT2D eigenvalue weighted by Gasteiger charge is -2.25. The number of benzene rings is 1. The maximum absolute atomic E-state index is 6.01. The lowest BCUT2D eigenvalue weighted by atomic mass is 9.97. The summed E-state index contributed by atoms with van der Waals surface area (Å²) in [6, 6.07) is 6.21. The van der Waals surface area contributed by atoms with Crippen molar-refractivity contribution in [3.8, 4) is 5.75 Å². The van der Waals surface area contributed by atoms with E-state index in [1.165, 1.54) is 18.4 Å². The first kappa shape index (κ1) is 10.8. The van der Waals surface area contributed by atoms with Crippen molar-refractivity contribution in [3.63, 3.8) is 0 Å². The zero-order chi connectivity index (χ0) is 10.7. The van der Waals surface area contributed by atoms with Gasteiger partial charge in [-0.3, -0.25) is 0 Å². The molecule has 0 saturated carbocycles. The summed E-state index contributed by atoms with van der Waals surface area (Å²) in [5.41, 5.74) is 1.18. The second-order valence-electron chi connectivity index (χ2n) is 3.89. The fourth-order valence-corrected chi connectivity index (χ4v) is 2.28. The smallest absolute Gasteiger partial charge is 0.123 e. The van der Waals surface area contributed by atoms with Crippen LogP contribution in [0.3, 0.4) is 0 Å². The maximum Gasteiger partial charge on any atom is 0.123 e. The number of nitrogens with one attached hydrogen (secondary N) is 1. The van der Waals surface area contributed by atoms with Gasteiger partial charge in [-0.2, -0.15) is 0 Å². The molecule has 0 spiro atoms. The summed E-state index contributed by atoms with van der Waals surface area (Å²) < 4.78 is 5.35. The molecule has 1 saturated heterocycles. The first-order valence-corrected chi connectivity index (χ1v) is 5.76. The monoisotopic (exact) mass is 225 g/mol. The standard InChI is InChI=1S/C12H16ClNO/c1-15-12-6-5-9(13)8-10(12)11-4-2-3-7-14-11/h5-6,8,11,14H,2-4,7H2,1H3/t11-/m1/s1. The normalized spacial score (nSPS) is 21.3. The van der Waals surface area contributed by atoms with E-state index in [0.29, 0.717) is 6.04 Å². The van der Waals surface area contributed by atoms with Crippen LogP contribution in [0.2, 0.25) is 5.02 Å². The quantitative estimate of drug-likeness (QED) is 0.835. The van der Waals surface area contributed by atoms with Gasteiger partial charge in [-0.1, -0.05) is 18.0 Å². The Morgan fingerprint density at radius 2 is 2.27 bits per heavy atom. The van der Waals surface area contributed by atoms with Crippen LogP contribution in [-0.2, 0) is 0 Å². The van der Waals surface area contributed by atoms with Gasteiger partial charge < -0.3 is 10.1 Å². The third-order valence-electron chi connectivity index (χ3n) is 2.88. The second-order valence-corrected chi connectivity index (χ2v) is 4.33. The third kappa shape index (κ3) is 2.44. The molecule has 1 atom stereocenters. The van der Waals surface area contributed by atoms with Crippen LogP contribution < -0.4 is 10.1 Å². The Morgan fingerprint density at radius 1 is 1.40 bits per heavy atom. The third-order valence-corrected chi connectivity index (χ3v) is 3.11. The molecule has 1 fully saturated rings. The van der Waals surface area contributed by atoms with Crippen LogP contribution in [0.25, 0.3) is 0 Å². The zero-order valence-electron chi connectivity index (χ0n) is 8.92. The SMILES string of the molecule is COc1ccc(Cl)cc1[C@H]1CCCCN1. The molecular formula is C12H16ClNO. The van der Waals surface area contributed by atoms with Crippen molar-refractivity contribution in [1.82, 2.24) is 5.32 Å². The Bertz CT molecular complexity index is 334. The van der Waals surface area contributed by atoms with Crippen LogP contribution in [0.15, 0.2) is 18.2 Å². The summed E-state index contributed by atoms with van der Waals surface area (Å²) >= 11 is 6.01. The highest BCUT2D eigenvalue weighted by atomic mass is 35.5. The maximum atomic E-state index is 6.01. The molecule has 2 nitrogen and oxygen atoms in total. The first-order valence-electron chi connectivity index (χ1n) is 5.38. The van der Waals surface area contributed by atoms with Gasteiger partial charge in [0.15, 0.2) is 0 Å². The van der Waals surface area contributed by atoms with Gasteiger partial charge in [0.1, 0.15) is 5.75 Å². The molecule has 1 N–H and O–H groups in total. The van der Waals surface area contributed by atoms with E-state index in [1.807, 2.05) is 18.2 Å². The molecule has 0 radical (unpaired) electrons. The van der Waals surface area contributed by atoms with Crippen LogP contribution in [-0.4, -0.2) is 13.7 Å². The predicted octanol–water partition coefficient (Wildman–Crippen LogP) is 3.16. The Morgan fingerprint density at radius 3 is 2.93 bits per heavy atom. The molecule has 0 unspecified atom stereocenters. The molecule has 0 bridgehead atoms. The molecule has 1 aliphatic rings. The van der Waals surface area contributed by atoms with E-state index in [0.717, 1.165) is 23.7 Å². The van der Waals surface area contributed by atoms with Crippen LogP contribution in [0, 0.1) is 0 Å². The molecule has 1 heterocycles. The number of piperidine rings is 1. The molecule has 15 heavy (non-hydrogen) atoms. The van der Waals surface area contributed by atoms with Crippen molar-refractivity contribution in [3.05, 3.63) is 28.8 Å². The highest BCUT2D eigenvalue weighted by molar-refractivity contribution is 6.30. The molecule has 0 amide bonds. The van der Waals surface area contributed by atoms with E-state index in [-0.39, 0.29) is 0 Å². The average molecular weight is 226 g/mol. The van der Waals surface area contributed by atoms with Gasteiger partial charge in [0.05, 0.1) is 7.11 Å². The van der Waals surface area contributed by atoms with Crippen LogP contribution in [0.1, 0.15) is 30.9 Å². The molecule has 1 aliphatic heterocycles. The molecular weight excluding hydrogens is 210 g/mol. The Labute approximate surface area is 95.6 Å². The number of hydrogen-bond acceptors (Lipinski definition) is 2. The summed E-state index contributed by atoms with van der Waals surface area (Å²) in [5.74, 6) is 0.929. The van der Waals surface area contributed by atoms with E-state index in [9.17, 15) is 0 Å². The number of halogens is 1. The fourth-order valence-electron chi connectivity index (χ4n) is 2.09. The van der Waals surface area contributed by atoms with Crippen LogP contribution >= 0.6 is 11.6 Å². The van der Waals surface area contributed by atoms with Gasteiger partial charge in [0, 0.05) is 16.6 Å². The van der Waals surface area contributed by atoms with Crippen LogP contribution in [0.5, 0.6) is 5.75 Å². The van der Waals surface area contributed by atoms with Crippen LogP contribution in [0.4, 0.5) is 0 Å². The molecule has 0 aliphatic carbocycles.